The van der Waals surface area contributed by atoms with E-state index in [9.17, 15) is 14.7 Å². The highest BCUT2D eigenvalue weighted by atomic mass is 16.7. The monoisotopic (exact) mass is 586 g/mol. The summed E-state index contributed by atoms with van der Waals surface area (Å²) in [4.78, 5) is 25.5. The van der Waals surface area contributed by atoms with Crippen LogP contribution in [0.25, 0.3) is 11.1 Å². The van der Waals surface area contributed by atoms with Crippen molar-refractivity contribution in [2.45, 2.75) is 76.6 Å². The fourth-order valence-corrected chi connectivity index (χ4v) is 5.92. The molecule has 0 radical (unpaired) electrons. The van der Waals surface area contributed by atoms with Crippen molar-refractivity contribution in [2.75, 3.05) is 19.6 Å². The van der Waals surface area contributed by atoms with E-state index in [2.05, 4.69) is 34.5 Å². The molecule has 2 heterocycles. The molecular formula is C35H42N2O6. The number of carboxylic acids is 1. The molecule has 3 unspecified atom stereocenters. The summed E-state index contributed by atoms with van der Waals surface area (Å²) in [7, 11) is 0. The molecule has 228 valence electrons. The van der Waals surface area contributed by atoms with Gasteiger partial charge in [0.05, 0.1) is 18.8 Å². The maximum Gasteiger partial charge on any atom is 0.303 e. The number of aliphatic hydroxyl groups is 1. The van der Waals surface area contributed by atoms with Crippen LogP contribution in [0.2, 0.25) is 0 Å². The minimum Gasteiger partial charge on any atom is -0.481 e. The first-order valence-electron chi connectivity index (χ1n) is 15.4. The normalized spacial score (nSPS) is 20.9. The molecule has 1 amide bonds. The van der Waals surface area contributed by atoms with Crippen molar-refractivity contribution in [2.24, 2.45) is 0 Å². The molecule has 0 aromatic heterocycles. The van der Waals surface area contributed by atoms with Gasteiger partial charge in [0, 0.05) is 37.9 Å². The summed E-state index contributed by atoms with van der Waals surface area (Å²) >= 11 is 0. The van der Waals surface area contributed by atoms with Crippen molar-refractivity contribution in [1.82, 2.24) is 10.2 Å². The second kappa shape index (κ2) is 15.3. The lowest BCUT2D eigenvalue weighted by atomic mass is 9.97. The van der Waals surface area contributed by atoms with Crippen LogP contribution >= 0.6 is 0 Å². The van der Waals surface area contributed by atoms with E-state index < -0.39 is 12.3 Å². The molecule has 2 aliphatic heterocycles. The van der Waals surface area contributed by atoms with E-state index in [1.54, 1.807) is 0 Å². The van der Waals surface area contributed by atoms with Crippen LogP contribution in [-0.2, 0) is 32.2 Å². The van der Waals surface area contributed by atoms with Crippen molar-refractivity contribution in [1.29, 1.82) is 0 Å². The van der Waals surface area contributed by atoms with Crippen LogP contribution in [0, 0.1) is 0 Å². The Kier molecular flexibility index (Phi) is 11.0. The van der Waals surface area contributed by atoms with Gasteiger partial charge >= 0.3 is 5.97 Å². The quantitative estimate of drug-likeness (QED) is 0.248. The van der Waals surface area contributed by atoms with Crippen molar-refractivity contribution >= 4 is 11.9 Å². The van der Waals surface area contributed by atoms with Crippen molar-refractivity contribution < 1.29 is 29.3 Å². The van der Waals surface area contributed by atoms with E-state index in [0.717, 1.165) is 59.4 Å². The number of nitrogens with zero attached hydrogens (tertiary/aromatic N) is 1. The van der Waals surface area contributed by atoms with E-state index in [0.29, 0.717) is 13.0 Å². The Balaban J connectivity index is 1.29. The van der Waals surface area contributed by atoms with Crippen molar-refractivity contribution in [3.8, 4) is 11.1 Å². The van der Waals surface area contributed by atoms with E-state index in [4.69, 9.17) is 14.6 Å². The van der Waals surface area contributed by atoms with Gasteiger partial charge in [0.25, 0.3) is 0 Å². The molecule has 3 atom stereocenters. The fourth-order valence-electron chi connectivity index (χ4n) is 5.92. The largest absolute Gasteiger partial charge is 0.481 e. The molecule has 0 spiro atoms. The van der Waals surface area contributed by atoms with E-state index in [-0.39, 0.29) is 37.6 Å². The second-order valence-electron chi connectivity index (χ2n) is 11.5. The number of likely N-dealkylation sites (tertiary alicyclic amines) is 1. The SMILES string of the molecule is O=C(O)CCCC(=O)NCc1ccccc1-c1ccc(C2OC(CN3CCCCC3)CC(c3ccc(CO)cc3)O2)cc1. The Labute approximate surface area is 253 Å². The smallest absolute Gasteiger partial charge is 0.303 e. The van der Waals surface area contributed by atoms with Crippen LogP contribution in [0.4, 0.5) is 0 Å². The van der Waals surface area contributed by atoms with E-state index >= 15 is 0 Å². The Hall–Kier alpha value is -3.56. The Morgan fingerprint density at radius 2 is 1.58 bits per heavy atom. The summed E-state index contributed by atoms with van der Waals surface area (Å²) in [5.74, 6) is -1.05. The molecule has 0 aliphatic carbocycles. The molecular weight excluding hydrogens is 544 g/mol. The highest BCUT2D eigenvalue weighted by Crippen LogP contribution is 2.39. The summed E-state index contributed by atoms with van der Waals surface area (Å²) in [6.07, 6.45) is 4.47. The molecule has 8 nitrogen and oxygen atoms in total. The van der Waals surface area contributed by atoms with Crippen LogP contribution in [0.15, 0.2) is 72.8 Å². The topological polar surface area (TPSA) is 108 Å². The number of benzene rings is 3. The van der Waals surface area contributed by atoms with Gasteiger partial charge in [-0.05, 0) is 60.2 Å². The minimum absolute atomic E-state index is 0.0134. The van der Waals surface area contributed by atoms with Crippen LogP contribution in [0.1, 0.15) is 79.6 Å². The number of carbonyl (C=O) groups is 2. The Bertz CT molecular complexity index is 1340. The predicted molar refractivity (Wildman–Crippen MR) is 164 cm³/mol. The van der Waals surface area contributed by atoms with Gasteiger partial charge in [-0.3, -0.25) is 9.59 Å². The zero-order chi connectivity index (χ0) is 30.0. The van der Waals surface area contributed by atoms with Gasteiger partial charge in [-0.2, -0.15) is 0 Å². The number of nitrogens with one attached hydrogen (secondary N) is 1. The molecule has 3 aromatic carbocycles. The molecule has 5 rings (SSSR count). The minimum atomic E-state index is -0.893. The number of carbonyl (C=O) groups excluding carboxylic acids is 1. The van der Waals surface area contributed by atoms with E-state index in [1.807, 2.05) is 48.5 Å². The maximum atomic E-state index is 12.2. The number of aliphatic carboxylic acids is 1. The number of ether oxygens (including phenoxy) is 2. The summed E-state index contributed by atoms with van der Waals surface area (Å²) in [5.41, 5.74) is 5.95. The molecule has 2 aliphatic rings. The first-order chi connectivity index (χ1) is 21.0. The molecule has 2 fully saturated rings. The average molecular weight is 587 g/mol. The number of amides is 1. The van der Waals surface area contributed by atoms with Gasteiger partial charge in [-0.1, -0.05) is 79.2 Å². The summed E-state index contributed by atoms with van der Waals surface area (Å²) in [6.45, 7) is 3.49. The molecule has 0 saturated carbocycles. The van der Waals surface area contributed by atoms with Gasteiger partial charge in [-0.25, -0.2) is 0 Å². The standard InChI is InChI=1S/C35H42N2O6/c38-24-25-11-13-27(14-12-25)32-21-30(23-37-19-4-1-5-20-37)42-35(43-32)28-17-15-26(16-18-28)31-8-3-2-7-29(31)22-36-33(39)9-6-10-34(40)41/h2-3,7-8,11-18,30,32,35,38H,1,4-6,9-10,19-24H2,(H,36,39)(H,40,41). The van der Waals surface area contributed by atoms with Gasteiger partial charge in [-0.15, -0.1) is 0 Å². The van der Waals surface area contributed by atoms with Crippen LogP contribution < -0.4 is 5.32 Å². The first-order valence-corrected chi connectivity index (χ1v) is 15.4. The van der Waals surface area contributed by atoms with Crippen LogP contribution in [0.5, 0.6) is 0 Å². The van der Waals surface area contributed by atoms with Gasteiger partial charge in [0.2, 0.25) is 5.91 Å². The second-order valence-corrected chi connectivity index (χ2v) is 11.5. The van der Waals surface area contributed by atoms with Crippen LogP contribution in [-0.4, -0.2) is 52.7 Å². The molecule has 3 aromatic rings. The summed E-state index contributed by atoms with van der Waals surface area (Å²) in [6, 6.07) is 24.2. The lowest BCUT2D eigenvalue weighted by Crippen LogP contribution is -2.41. The zero-order valence-corrected chi connectivity index (χ0v) is 24.6. The fraction of sp³-hybridized carbons (Fsp3) is 0.429. The first kappa shape index (κ1) is 30.9. The van der Waals surface area contributed by atoms with Crippen LogP contribution in [0.3, 0.4) is 0 Å². The van der Waals surface area contributed by atoms with Gasteiger partial charge < -0.3 is 29.9 Å². The highest BCUT2D eigenvalue weighted by Gasteiger charge is 2.33. The van der Waals surface area contributed by atoms with Crippen molar-refractivity contribution in [3.63, 3.8) is 0 Å². The third-order valence-electron chi connectivity index (χ3n) is 8.31. The predicted octanol–water partition coefficient (Wildman–Crippen LogP) is 5.75. The molecule has 43 heavy (non-hydrogen) atoms. The Morgan fingerprint density at radius 3 is 2.30 bits per heavy atom. The lowest BCUT2D eigenvalue weighted by molar-refractivity contribution is -0.253. The number of hydrogen-bond donors (Lipinski definition) is 3. The van der Waals surface area contributed by atoms with E-state index in [1.165, 1.54) is 19.3 Å². The van der Waals surface area contributed by atoms with Gasteiger partial charge in [0.15, 0.2) is 6.29 Å². The third kappa shape index (κ3) is 8.74. The summed E-state index contributed by atoms with van der Waals surface area (Å²) in [5, 5.41) is 21.2. The summed E-state index contributed by atoms with van der Waals surface area (Å²) < 4.78 is 13.1. The van der Waals surface area contributed by atoms with Crippen molar-refractivity contribution in [3.05, 3.63) is 95.1 Å². The average Bonchev–Trinajstić information content (AvgIpc) is 3.04. The van der Waals surface area contributed by atoms with Gasteiger partial charge in [0.1, 0.15) is 0 Å². The number of aliphatic hydroxyl groups excluding tert-OH is 1. The lowest BCUT2D eigenvalue weighted by Gasteiger charge is -2.39. The maximum absolute atomic E-state index is 12.2. The highest BCUT2D eigenvalue weighted by molar-refractivity contribution is 5.77. The molecule has 8 heteroatoms. The number of carboxylic acid groups (broad SMARTS) is 1. The zero-order valence-electron chi connectivity index (χ0n) is 24.6. The molecule has 2 saturated heterocycles. The Morgan fingerprint density at radius 1 is 0.860 bits per heavy atom. The molecule has 3 N–H and O–H groups in total. The number of rotatable bonds is 12. The molecule has 0 bridgehead atoms. The third-order valence-corrected chi connectivity index (χ3v) is 8.31. The number of piperidine rings is 1. The number of hydrogen-bond acceptors (Lipinski definition) is 6.